The summed E-state index contributed by atoms with van der Waals surface area (Å²) in [5.74, 6) is -1.29. The largest absolute Gasteiger partial charge is 0.352 e. The number of carbonyl (C=O) groups excluding carboxylic acids is 2. The second-order valence-electron chi connectivity index (χ2n) is 9.27. The Morgan fingerprint density at radius 2 is 1.63 bits per heavy atom. The minimum atomic E-state index is -3.84. The van der Waals surface area contributed by atoms with Gasteiger partial charge in [0.15, 0.2) is 0 Å². The number of halogens is 1. The molecule has 0 bridgehead atoms. The number of sulfonamides is 1. The lowest BCUT2D eigenvalue weighted by atomic mass is 9.95. The predicted molar refractivity (Wildman–Crippen MR) is 135 cm³/mol. The SMILES string of the molecule is Cc1ccc(CN(C(=O)CN(c2ccc(F)cc2)S(C)(=O)=O)[C@@H](C)C(=O)NC2CCCCC2)cc1. The molecule has 9 heteroatoms. The van der Waals surface area contributed by atoms with Crippen LogP contribution in [0.1, 0.15) is 50.2 Å². The van der Waals surface area contributed by atoms with Crippen LogP contribution in [0.5, 0.6) is 0 Å². The van der Waals surface area contributed by atoms with Gasteiger partial charge < -0.3 is 10.2 Å². The average Bonchev–Trinajstić information content (AvgIpc) is 2.82. The topological polar surface area (TPSA) is 86.8 Å². The smallest absolute Gasteiger partial charge is 0.244 e. The Morgan fingerprint density at radius 3 is 2.20 bits per heavy atom. The number of aryl methyl sites for hydroxylation is 1. The quantitative estimate of drug-likeness (QED) is 0.565. The first kappa shape index (κ1) is 26.7. The second-order valence-corrected chi connectivity index (χ2v) is 11.2. The first-order valence-electron chi connectivity index (χ1n) is 11.9. The van der Waals surface area contributed by atoms with Gasteiger partial charge in [0.2, 0.25) is 21.8 Å². The van der Waals surface area contributed by atoms with E-state index in [1.807, 2.05) is 31.2 Å². The van der Waals surface area contributed by atoms with Crippen LogP contribution in [0.15, 0.2) is 48.5 Å². The average molecular weight is 504 g/mol. The van der Waals surface area contributed by atoms with Crippen molar-refractivity contribution in [3.05, 3.63) is 65.5 Å². The summed E-state index contributed by atoms with van der Waals surface area (Å²) in [5.41, 5.74) is 2.07. The van der Waals surface area contributed by atoms with Gasteiger partial charge in [-0.3, -0.25) is 13.9 Å². The van der Waals surface area contributed by atoms with Gasteiger partial charge in [-0.2, -0.15) is 0 Å². The molecule has 0 heterocycles. The van der Waals surface area contributed by atoms with Crippen molar-refractivity contribution in [3.8, 4) is 0 Å². The van der Waals surface area contributed by atoms with Crippen molar-refractivity contribution in [1.29, 1.82) is 0 Å². The zero-order valence-electron chi connectivity index (χ0n) is 20.5. The number of hydrogen-bond donors (Lipinski definition) is 1. The summed E-state index contributed by atoms with van der Waals surface area (Å²) in [4.78, 5) is 28.0. The van der Waals surface area contributed by atoms with Crippen LogP contribution in [-0.2, 0) is 26.2 Å². The molecule has 1 N–H and O–H groups in total. The highest BCUT2D eigenvalue weighted by Gasteiger charge is 2.31. The lowest BCUT2D eigenvalue weighted by molar-refractivity contribution is -0.139. The van der Waals surface area contributed by atoms with Crippen LogP contribution in [-0.4, -0.2) is 50.0 Å². The van der Waals surface area contributed by atoms with E-state index in [0.717, 1.165) is 65.9 Å². The molecule has 2 amide bonds. The maximum absolute atomic E-state index is 13.5. The molecule has 1 saturated carbocycles. The molecule has 0 unspecified atom stereocenters. The molecular weight excluding hydrogens is 469 g/mol. The Hall–Kier alpha value is -2.94. The molecule has 0 aliphatic heterocycles. The zero-order chi connectivity index (χ0) is 25.6. The maximum atomic E-state index is 13.5. The molecule has 1 aliphatic carbocycles. The molecule has 190 valence electrons. The van der Waals surface area contributed by atoms with E-state index in [1.54, 1.807) is 6.92 Å². The Labute approximate surface area is 207 Å². The van der Waals surface area contributed by atoms with E-state index in [4.69, 9.17) is 0 Å². The van der Waals surface area contributed by atoms with Gasteiger partial charge in [-0.15, -0.1) is 0 Å². The monoisotopic (exact) mass is 503 g/mol. The van der Waals surface area contributed by atoms with Gasteiger partial charge >= 0.3 is 0 Å². The van der Waals surface area contributed by atoms with Crippen LogP contribution in [0, 0.1) is 12.7 Å². The third kappa shape index (κ3) is 7.52. The molecule has 7 nitrogen and oxygen atoms in total. The minimum Gasteiger partial charge on any atom is -0.352 e. The van der Waals surface area contributed by atoms with E-state index in [9.17, 15) is 22.4 Å². The molecule has 1 atom stereocenters. The van der Waals surface area contributed by atoms with Gasteiger partial charge in [0.25, 0.3) is 0 Å². The van der Waals surface area contributed by atoms with Crippen LogP contribution in [0.4, 0.5) is 10.1 Å². The summed E-state index contributed by atoms with van der Waals surface area (Å²) in [6.07, 6.45) is 6.10. The van der Waals surface area contributed by atoms with Crippen molar-refractivity contribution < 1.29 is 22.4 Å². The number of rotatable bonds is 9. The minimum absolute atomic E-state index is 0.0850. The fourth-order valence-electron chi connectivity index (χ4n) is 4.26. The molecule has 35 heavy (non-hydrogen) atoms. The van der Waals surface area contributed by atoms with Gasteiger partial charge in [0.1, 0.15) is 18.4 Å². The third-order valence-electron chi connectivity index (χ3n) is 6.39. The van der Waals surface area contributed by atoms with Crippen LogP contribution >= 0.6 is 0 Å². The number of anilines is 1. The lowest BCUT2D eigenvalue weighted by Crippen LogP contribution is -2.52. The number of benzene rings is 2. The van der Waals surface area contributed by atoms with E-state index >= 15 is 0 Å². The molecule has 1 aliphatic rings. The number of nitrogens with one attached hydrogen (secondary N) is 1. The highest BCUT2D eigenvalue weighted by atomic mass is 32.2. The molecule has 1 fully saturated rings. The van der Waals surface area contributed by atoms with Gasteiger partial charge in [0.05, 0.1) is 11.9 Å². The molecule has 0 radical (unpaired) electrons. The van der Waals surface area contributed by atoms with E-state index in [-0.39, 0.29) is 24.2 Å². The molecule has 2 aromatic carbocycles. The first-order valence-corrected chi connectivity index (χ1v) is 13.8. The third-order valence-corrected chi connectivity index (χ3v) is 7.53. The van der Waals surface area contributed by atoms with Gasteiger partial charge in [-0.1, -0.05) is 49.1 Å². The summed E-state index contributed by atoms with van der Waals surface area (Å²) in [7, 11) is -3.84. The van der Waals surface area contributed by atoms with Crippen molar-refractivity contribution in [2.45, 2.75) is 64.6 Å². The molecule has 0 spiro atoms. The van der Waals surface area contributed by atoms with E-state index < -0.39 is 34.3 Å². The molecule has 0 saturated heterocycles. The van der Waals surface area contributed by atoms with Crippen molar-refractivity contribution in [3.63, 3.8) is 0 Å². The van der Waals surface area contributed by atoms with Gasteiger partial charge in [-0.05, 0) is 56.5 Å². The summed E-state index contributed by atoms with van der Waals surface area (Å²) in [5, 5.41) is 3.06. The van der Waals surface area contributed by atoms with Crippen LogP contribution in [0.25, 0.3) is 0 Å². The summed E-state index contributed by atoms with van der Waals surface area (Å²) >= 11 is 0. The zero-order valence-corrected chi connectivity index (χ0v) is 21.4. The fraction of sp³-hybridized carbons (Fsp3) is 0.462. The second kappa shape index (κ2) is 11.7. The Balaban J connectivity index is 1.85. The van der Waals surface area contributed by atoms with Crippen LogP contribution in [0.3, 0.4) is 0 Å². The fourth-order valence-corrected chi connectivity index (χ4v) is 5.11. The Morgan fingerprint density at radius 1 is 1.03 bits per heavy atom. The number of amides is 2. The highest BCUT2D eigenvalue weighted by Crippen LogP contribution is 2.21. The summed E-state index contributed by atoms with van der Waals surface area (Å²) in [6, 6.07) is 11.8. The van der Waals surface area contributed by atoms with Crippen molar-refractivity contribution in [2.24, 2.45) is 0 Å². The van der Waals surface area contributed by atoms with E-state index in [1.165, 1.54) is 17.0 Å². The maximum Gasteiger partial charge on any atom is 0.244 e. The molecule has 3 rings (SSSR count). The first-order chi connectivity index (χ1) is 16.5. The van der Waals surface area contributed by atoms with Crippen LogP contribution in [0.2, 0.25) is 0 Å². The number of carbonyl (C=O) groups is 2. The van der Waals surface area contributed by atoms with Gasteiger partial charge in [0, 0.05) is 12.6 Å². The standard InChI is InChI=1S/C26H34FN3O4S/c1-19-9-11-21(12-10-19)17-29(20(2)26(32)28-23-7-5-4-6-8-23)25(31)18-30(35(3,33)34)24-15-13-22(27)14-16-24/h9-16,20,23H,4-8,17-18H2,1-3H3,(H,28,32)/t20-/m0/s1. The number of nitrogens with zero attached hydrogens (tertiary/aromatic N) is 2. The highest BCUT2D eigenvalue weighted by molar-refractivity contribution is 7.92. The Bertz CT molecular complexity index is 1110. The van der Waals surface area contributed by atoms with Crippen LogP contribution < -0.4 is 9.62 Å². The van der Waals surface area contributed by atoms with E-state index in [2.05, 4.69) is 5.32 Å². The van der Waals surface area contributed by atoms with Crippen molar-refractivity contribution in [2.75, 3.05) is 17.1 Å². The molecular formula is C26H34FN3O4S. The predicted octanol–water partition coefficient (Wildman–Crippen LogP) is 3.77. The summed E-state index contributed by atoms with van der Waals surface area (Å²) < 4.78 is 39.4. The van der Waals surface area contributed by atoms with E-state index in [0.29, 0.717) is 0 Å². The Kier molecular flexibility index (Phi) is 8.88. The normalized spacial score (nSPS) is 15.3. The van der Waals surface area contributed by atoms with Crippen molar-refractivity contribution in [1.82, 2.24) is 10.2 Å². The number of hydrogen-bond acceptors (Lipinski definition) is 4. The molecule has 0 aromatic heterocycles. The summed E-state index contributed by atoms with van der Waals surface area (Å²) in [6.45, 7) is 3.27. The van der Waals surface area contributed by atoms with Crippen molar-refractivity contribution >= 4 is 27.5 Å². The lowest BCUT2D eigenvalue weighted by Gasteiger charge is -2.33. The molecule has 2 aromatic rings. The van der Waals surface area contributed by atoms with Gasteiger partial charge in [-0.25, -0.2) is 12.8 Å².